The number of aryl methyl sites for hydroxylation is 1. The van der Waals surface area contributed by atoms with Crippen molar-refractivity contribution in [1.82, 2.24) is 9.78 Å². The van der Waals surface area contributed by atoms with E-state index in [0.29, 0.717) is 6.61 Å². The van der Waals surface area contributed by atoms with Gasteiger partial charge in [0.2, 0.25) is 5.88 Å². The molecule has 3 rings (SSSR count). The molecule has 0 amide bonds. The molecule has 3 aromatic rings. The van der Waals surface area contributed by atoms with Gasteiger partial charge in [-0.25, -0.2) is 4.68 Å². The number of ether oxygens (including phenoxy) is 1. The second kappa shape index (κ2) is 16.8. The van der Waals surface area contributed by atoms with Crippen molar-refractivity contribution in [2.45, 2.75) is 46.8 Å². The number of halogens is 1. The van der Waals surface area contributed by atoms with Crippen LogP contribution >= 0.6 is 12.4 Å². The first-order chi connectivity index (χ1) is 12.3. The fraction of sp³-hybridized carbons (Fsp3) is 0.304. The van der Waals surface area contributed by atoms with Crippen molar-refractivity contribution in [1.29, 1.82) is 0 Å². The molecule has 151 valence electrons. The maximum Gasteiger partial charge on any atom is 0.212 e. The third kappa shape index (κ3) is 9.36. The third-order valence-corrected chi connectivity index (χ3v) is 3.70. The quantitative estimate of drug-likeness (QED) is 0.371. The van der Waals surface area contributed by atoms with Crippen molar-refractivity contribution in [2.24, 2.45) is 0 Å². The normalized spacial score (nSPS) is 8.96. The van der Waals surface area contributed by atoms with E-state index < -0.39 is 0 Å². The maximum absolute atomic E-state index is 6.02. The molecule has 0 spiro atoms. The van der Waals surface area contributed by atoms with E-state index in [1.165, 1.54) is 5.56 Å². The van der Waals surface area contributed by atoms with Gasteiger partial charge in [-0.05, 0) is 17.5 Å². The summed E-state index contributed by atoms with van der Waals surface area (Å²) < 4.78 is 7.98. The molecule has 0 aliphatic heterocycles. The van der Waals surface area contributed by atoms with E-state index in [1.807, 2.05) is 42.8 Å². The predicted octanol–water partition coefficient (Wildman–Crippen LogP) is 6.36. The minimum absolute atomic E-state index is 0. The largest absolute Gasteiger partial charge is 0.473 e. The van der Waals surface area contributed by atoms with E-state index in [1.54, 1.807) is 0 Å². The van der Waals surface area contributed by atoms with Gasteiger partial charge in [0.25, 0.3) is 0 Å². The minimum atomic E-state index is 0. The Bertz CT molecular complexity index is 733. The summed E-state index contributed by atoms with van der Waals surface area (Å²) in [5, 5.41) is 4.70. The Morgan fingerprint density at radius 1 is 0.893 bits per heavy atom. The van der Waals surface area contributed by atoms with Gasteiger partial charge in [-0.3, -0.25) is 0 Å². The minimum Gasteiger partial charge on any atom is -0.473 e. The molecule has 0 unspecified atom stereocenters. The fourth-order valence-corrected chi connectivity index (χ4v) is 2.55. The Morgan fingerprint density at radius 2 is 1.43 bits per heavy atom. The zero-order valence-corrected chi connectivity index (χ0v) is 21.1. The van der Waals surface area contributed by atoms with Crippen LogP contribution in [0.3, 0.4) is 0 Å². The van der Waals surface area contributed by atoms with Gasteiger partial charge in [-0.1, -0.05) is 87.9 Å². The standard InChI is InChI=1S/C20H22N2O.C2H6.CH3.ClH.Y/c1-2-9-19-14-20(23-16-18-12-7-4-8-13-18)22(21-19)15-17-10-5-3-6-11-17;1-2;;;/h3-8,10-14H,2,9,15-16H2,1H3;1-2H3;1H3;1H;/q;;-1;;. The van der Waals surface area contributed by atoms with Crippen LogP contribution in [-0.2, 0) is 52.3 Å². The third-order valence-electron chi connectivity index (χ3n) is 3.70. The summed E-state index contributed by atoms with van der Waals surface area (Å²) in [5.74, 6) is 0.834. The molecule has 0 bridgehead atoms. The monoisotopic (exact) mass is 476 g/mol. The number of aromatic nitrogens is 2. The number of rotatable bonds is 7. The number of hydrogen-bond donors (Lipinski definition) is 0. The topological polar surface area (TPSA) is 27.1 Å². The average molecular weight is 477 g/mol. The van der Waals surface area contributed by atoms with E-state index in [-0.39, 0.29) is 52.5 Å². The Hall–Kier alpha value is -1.16. The molecule has 0 N–H and O–H groups in total. The van der Waals surface area contributed by atoms with Crippen LogP contribution in [0.2, 0.25) is 0 Å². The molecule has 5 heteroatoms. The van der Waals surface area contributed by atoms with Crippen LogP contribution in [0.25, 0.3) is 0 Å². The molecule has 0 saturated carbocycles. The van der Waals surface area contributed by atoms with Crippen LogP contribution in [0.4, 0.5) is 0 Å². The van der Waals surface area contributed by atoms with Gasteiger partial charge < -0.3 is 12.2 Å². The van der Waals surface area contributed by atoms with Crippen molar-refractivity contribution in [3.63, 3.8) is 0 Å². The summed E-state index contributed by atoms with van der Waals surface area (Å²) in [7, 11) is 0. The van der Waals surface area contributed by atoms with Crippen LogP contribution in [-0.4, -0.2) is 9.78 Å². The first-order valence-electron chi connectivity index (χ1n) is 9.12. The molecule has 28 heavy (non-hydrogen) atoms. The van der Waals surface area contributed by atoms with Gasteiger partial charge in [0.15, 0.2) is 0 Å². The Balaban J connectivity index is 0. The van der Waals surface area contributed by atoms with Gasteiger partial charge >= 0.3 is 0 Å². The number of nitrogens with zero attached hydrogens (tertiary/aromatic N) is 2. The van der Waals surface area contributed by atoms with Gasteiger partial charge in [-0.2, -0.15) is 5.10 Å². The SMILES string of the molecule is CC.CCCc1cc(OCc2ccccc2)n(Cc2ccccc2)n1.Cl.[CH3-].[Y]. The van der Waals surface area contributed by atoms with E-state index in [2.05, 4.69) is 49.4 Å². The van der Waals surface area contributed by atoms with Gasteiger partial charge in [0, 0.05) is 38.8 Å². The van der Waals surface area contributed by atoms with Crippen molar-refractivity contribution in [3.05, 3.63) is 91.0 Å². The molecule has 1 radical (unpaired) electrons. The van der Waals surface area contributed by atoms with E-state index in [0.717, 1.165) is 36.5 Å². The zero-order valence-electron chi connectivity index (χ0n) is 17.5. The second-order valence-corrected chi connectivity index (χ2v) is 5.64. The molecule has 0 saturated heterocycles. The Morgan fingerprint density at radius 3 is 1.96 bits per heavy atom. The summed E-state index contributed by atoms with van der Waals surface area (Å²) in [6.45, 7) is 7.46. The zero-order chi connectivity index (χ0) is 17.9. The molecule has 3 nitrogen and oxygen atoms in total. The summed E-state index contributed by atoms with van der Waals surface area (Å²) in [5.41, 5.74) is 3.48. The maximum atomic E-state index is 6.02. The molecule has 1 aromatic heterocycles. The van der Waals surface area contributed by atoms with E-state index >= 15 is 0 Å². The van der Waals surface area contributed by atoms with Crippen LogP contribution in [0.1, 0.15) is 44.0 Å². The molecule has 0 fully saturated rings. The van der Waals surface area contributed by atoms with Gasteiger partial charge in [0.1, 0.15) is 6.61 Å². The first kappa shape index (κ1) is 29.0. The second-order valence-electron chi connectivity index (χ2n) is 5.64. The van der Waals surface area contributed by atoms with Crippen LogP contribution < -0.4 is 4.74 Å². The molecule has 0 aliphatic rings. The summed E-state index contributed by atoms with van der Waals surface area (Å²) >= 11 is 0. The molecule has 1 heterocycles. The van der Waals surface area contributed by atoms with Crippen LogP contribution in [0.5, 0.6) is 5.88 Å². The van der Waals surface area contributed by atoms with E-state index in [9.17, 15) is 0 Å². The van der Waals surface area contributed by atoms with E-state index in [4.69, 9.17) is 9.84 Å². The first-order valence-corrected chi connectivity index (χ1v) is 9.12. The average Bonchev–Trinajstić information content (AvgIpc) is 3.05. The smallest absolute Gasteiger partial charge is 0.212 e. The number of hydrogen-bond acceptors (Lipinski definition) is 2. The summed E-state index contributed by atoms with van der Waals surface area (Å²) in [6, 6.07) is 22.7. The van der Waals surface area contributed by atoms with Crippen LogP contribution in [0, 0.1) is 7.43 Å². The van der Waals surface area contributed by atoms with Gasteiger partial charge in [-0.15, -0.1) is 12.4 Å². The number of benzene rings is 2. The van der Waals surface area contributed by atoms with Crippen molar-refractivity contribution >= 4 is 12.4 Å². The summed E-state index contributed by atoms with van der Waals surface area (Å²) in [4.78, 5) is 0. The summed E-state index contributed by atoms with van der Waals surface area (Å²) in [6.07, 6.45) is 2.06. The molecular formula is C23H32ClN2OY-. The van der Waals surface area contributed by atoms with Crippen molar-refractivity contribution in [2.75, 3.05) is 0 Å². The Kier molecular flexibility index (Phi) is 17.4. The molecular weight excluding hydrogens is 445 g/mol. The predicted molar refractivity (Wildman–Crippen MR) is 118 cm³/mol. The molecule has 0 atom stereocenters. The van der Waals surface area contributed by atoms with Gasteiger partial charge in [0.05, 0.1) is 12.2 Å². The molecule has 2 aromatic carbocycles. The van der Waals surface area contributed by atoms with Crippen molar-refractivity contribution < 1.29 is 37.4 Å². The fourth-order valence-electron chi connectivity index (χ4n) is 2.55. The van der Waals surface area contributed by atoms with Crippen molar-refractivity contribution in [3.8, 4) is 5.88 Å². The Labute approximate surface area is 202 Å². The van der Waals surface area contributed by atoms with Crippen LogP contribution in [0.15, 0.2) is 66.7 Å². The molecule has 0 aliphatic carbocycles.